The van der Waals surface area contributed by atoms with Gasteiger partial charge >= 0.3 is 6.09 Å². The highest BCUT2D eigenvalue weighted by molar-refractivity contribution is 7.23. The Labute approximate surface area is 161 Å². The van der Waals surface area contributed by atoms with Crippen LogP contribution in [0.5, 0.6) is 5.75 Å². The smallest absolute Gasteiger partial charge is 0.431 e. The number of hydrogen-bond donors (Lipinski definition) is 1. The number of methoxy groups -OCH3 is 1. The third-order valence-corrected chi connectivity index (χ3v) is 5.44. The number of carbonyl (C=O) groups excluding carboxylic acids is 1. The second-order valence-electron chi connectivity index (χ2n) is 6.08. The van der Waals surface area contributed by atoms with E-state index >= 15 is 0 Å². The maximum atomic E-state index is 12.2. The van der Waals surface area contributed by atoms with Crippen molar-refractivity contribution in [3.63, 3.8) is 0 Å². The first kappa shape index (κ1) is 17.8. The number of nitrogens with zero attached hydrogens (tertiary/aromatic N) is 1. The second-order valence-corrected chi connectivity index (χ2v) is 7.13. The molecule has 1 N–H and O–H groups in total. The predicted octanol–water partition coefficient (Wildman–Crippen LogP) is 4.37. The number of morpholine rings is 1. The molecule has 140 valence electrons. The van der Waals surface area contributed by atoms with Gasteiger partial charge in [0.25, 0.3) is 0 Å². The summed E-state index contributed by atoms with van der Waals surface area (Å²) in [6, 6.07) is 16.1. The first-order valence-electron chi connectivity index (χ1n) is 8.72. The summed E-state index contributed by atoms with van der Waals surface area (Å²) in [7, 11) is 1.65. The summed E-state index contributed by atoms with van der Waals surface area (Å²) in [5, 5.41) is 6.12. The van der Waals surface area contributed by atoms with Crippen molar-refractivity contribution in [2.24, 2.45) is 0 Å². The fourth-order valence-corrected chi connectivity index (χ4v) is 4.16. The zero-order valence-corrected chi connectivity index (χ0v) is 15.8. The lowest BCUT2D eigenvalue weighted by Gasteiger charge is -2.24. The number of carbonyl (C=O) groups is 1. The normalized spacial score (nSPS) is 14.9. The van der Waals surface area contributed by atoms with Gasteiger partial charge in [-0.2, -0.15) is 0 Å². The molecule has 3 aromatic rings. The summed E-state index contributed by atoms with van der Waals surface area (Å²) in [6.45, 7) is 2.28. The van der Waals surface area contributed by atoms with E-state index < -0.39 is 6.09 Å². The lowest BCUT2D eigenvalue weighted by Crippen LogP contribution is -2.38. The number of anilines is 1. The molecule has 1 aliphatic rings. The molecule has 7 heteroatoms. The van der Waals surface area contributed by atoms with E-state index in [4.69, 9.17) is 14.3 Å². The third kappa shape index (κ3) is 3.90. The van der Waals surface area contributed by atoms with E-state index in [1.54, 1.807) is 12.2 Å². The minimum Gasteiger partial charge on any atom is -0.496 e. The van der Waals surface area contributed by atoms with Crippen LogP contribution in [0.25, 0.3) is 21.2 Å². The number of rotatable bonds is 4. The Morgan fingerprint density at radius 3 is 2.67 bits per heavy atom. The number of benzene rings is 2. The Morgan fingerprint density at radius 1 is 1.15 bits per heavy atom. The van der Waals surface area contributed by atoms with Gasteiger partial charge in [-0.3, -0.25) is 5.32 Å². The minimum atomic E-state index is -0.497. The van der Waals surface area contributed by atoms with Crippen LogP contribution >= 0.6 is 11.3 Å². The van der Waals surface area contributed by atoms with Crippen LogP contribution in [0.1, 0.15) is 0 Å². The molecule has 0 unspecified atom stereocenters. The van der Waals surface area contributed by atoms with Crippen molar-refractivity contribution in [3.05, 3.63) is 48.5 Å². The molecule has 0 saturated carbocycles. The van der Waals surface area contributed by atoms with E-state index in [1.807, 2.05) is 36.4 Å². The van der Waals surface area contributed by atoms with Crippen LogP contribution in [0.3, 0.4) is 0 Å². The van der Waals surface area contributed by atoms with Gasteiger partial charge in [0.1, 0.15) is 5.75 Å². The van der Waals surface area contributed by atoms with Crippen molar-refractivity contribution in [2.75, 3.05) is 38.7 Å². The van der Waals surface area contributed by atoms with Crippen LogP contribution in [0.15, 0.2) is 48.5 Å². The summed E-state index contributed by atoms with van der Waals surface area (Å²) < 4.78 is 11.8. The fraction of sp³-hybridized carbons (Fsp3) is 0.250. The topological polar surface area (TPSA) is 60.0 Å². The molecule has 0 spiro atoms. The molecule has 0 bridgehead atoms. The molecular formula is C20H20N2O4S. The van der Waals surface area contributed by atoms with E-state index in [0.29, 0.717) is 31.3 Å². The van der Waals surface area contributed by atoms with Crippen molar-refractivity contribution < 1.29 is 19.1 Å². The van der Waals surface area contributed by atoms with Crippen molar-refractivity contribution in [1.29, 1.82) is 0 Å². The van der Waals surface area contributed by atoms with Crippen molar-refractivity contribution in [1.82, 2.24) is 5.06 Å². The van der Waals surface area contributed by atoms with Gasteiger partial charge in [-0.25, -0.2) is 4.79 Å². The van der Waals surface area contributed by atoms with Crippen molar-refractivity contribution in [3.8, 4) is 16.9 Å². The first-order chi connectivity index (χ1) is 13.2. The Morgan fingerprint density at radius 2 is 1.93 bits per heavy atom. The van der Waals surface area contributed by atoms with E-state index in [2.05, 4.69) is 17.4 Å². The molecule has 0 aliphatic carbocycles. The molecule has 1 aromatic heterocycles. The highest BCUT2D eigenvalue weighted by Gasteiger charge is 2.18. The number of hydrogen-bond acceptors (Lipinski definition) is 6. The molecule has 2 aromatic carbocycles. The number of nitrogens with one attached hydrogen (secondary N) is 1. The Balaban J connectivity index is 1.61. The van der Waals surface area contributed by atoms with E-state index in [9.17, 15) is 4.79 Å². The Bertz CT molecular complexity index is 936. The number of fused-ring (bicyclic) bond motifs is 1. The van der Waals surface area contributed by atoms with Gasteiger partial charge in [0.05, 0.1) is 38.4 Å². The molecule has 1 fully saturated rings. The van der Waals surface area contributed by atoms with Gasteiger partial charge < -0.3 is 14.3 Å². The lowest BCUT2D eigenvalue weighted by molar-refractivity contribution is -0.142. The van der Waals surface area contributed by atoms with E-state index in [0.717, 1.165) is 27.0 Å². The van der Waals surface area contributed by atoms with Gasteiger partial charge in [-0.05, 0) is 29.3 Å². The number of ether oxygens (including phenoxy) is 2. The monoisotopic (exact) mass is 384 g/mol. The number of thiophene rings is 1. The van der Waals surface area contributed by atoms with Gasteiger partial charge in [0.15, 0.2) is 0 Å². The maximum Gasteiger partial charge on any atom is 0.431 e. The molecule has 1 saturated heterocycles. The molecule has 1 aliphatic heterocycles. The molecule has 27 heavy (non-hydrogen) atoms. The highest BCUT2D eigenvalue weighted by atomic mass is 32.1. The van der Waals surface area contributed by atoms with Gasteiger partial charge in [-0.1, -0.05) is 30.3 Å². The van der Waals surface area contributed by atoms with Gasteiger partial charge in [0, 0.05) is 10.1 Å². The molecule has 6 nitrogen and oxygen atoms in total. The van der Waals surface area contributed by atoms with Crippen molar-refractivity contribution in [2.45, 2.75) is 0 Å². The fourth-order valence-electron chi connectivity index (χ4n) is 3.06. The van der Waals surface area contributed by atoms with Crippen molar-refractivity contribution >= 4 is 32.5 Å². The average Bonchev–Trinajstić information content (AvgIpc) is 3.12. The Kier molecular flexibility index (Phi) is 5.24. The Hall–Kier alpha value is -2.61. The van der Waals surface area contributed by atoms with Crippen LogP contribution in [-0.4, -0.2) is 44.6 Å². The SMILES string of the molecule is COc1ccc(-c2ccccc2)c2sc(NC(=O)ON3CCOCC3)cc12. The summed E-state index contributed by atoms with van der Waals surface area (Å²) >= 11 is 1.50. The largest absolute Gasteiger partial charge is 0.496 e. The summed E-state index contributed by atoms with van der Waals surface area (Å²) in [4.78, 5) is 17.6. The van der Waals surface area contributed by atoms with E-state index in [-0.39, 0.29) is 0 Å². The molecule has 1 amide bonds. The number of hydroxylamine groups is 2. The summed E-state index contributed by atoms with van der Waals surface area (Å²) in [5.41, 5.74) is 2.22. The standard InChI is InChI=1S/C20H20N2O4S/c1-24-17-8-7-15(14-5-3-2-4-6-14)19-16(17)13-18(27-19)21-20(23)26-22-9-11-25-12-10-22/h2-8,13H,9-12H2,1H3,(H,21,23). The van der Waals surface area contributed by atoms with Gasteiger partial charge in [0.2, 0.25) is 0 Å². The summed E-state index contributed by atoms with van der Waals surface area (Å²) in [5.74, 6) is 0.774. The van der Waals surface area contributed by atoms with Crippen LogP contribution in [0, 0.1) is 0 Å². The first-order valence-corrected chi connectivity index (χ1v) is 9.54. The second kappa shape index (κ2) is 7.96. The molecule has 2 heterocycles. The average molecular weight is 384 g/mol. The predicted molar refractivity (Wildman–Crippen MR) is 106 cm³/mol. The minimum absolute atomic E-state index is 0.497. The van der Waals surface area contributed by atoms with Crippen LogP contribution < -0.4 is 10.1 Å². The maximum absolute atomic E-state index is 12.2. The van der Waals surface area contributed by atoms with Crippen LogP contribution in [-0.2, 0) is 9.57 Å². The number of amides is 1. The zero-order valence-electron chi connectivity index (χ0n) is 14.9. The third-order valence-electron chi connectivity index (χ3n) is 4.36. The van der Waals surface area contributed by atoms with Gasteiger partial charge in [-0.15, -0.1) is 16.4 Å². The van der Waals surface area contributed by atoms with Crippen LogP contribution in [0.4, 0.5) is 9.80 Å². The van der Waals surface area contributed by atoms with E-state index in [1.165, 1.54) is 11.3 Å². The van der Waals surface area contributed by atoms with Crippen LogP contribution in [0.2, 0.25) is 0 Å². The zero-order chi connectivity index (χ0) is 18.6. The lowest BCUT2D eigenvalue weighted by atomic mass is 10.0. The molecule has 0 atom stereocenters. The quantitative estimate of drug-likeness (QED) is 0.724. The molecular weight excluding hydrogens is 364 g/mol. The highest BCUT2D eigenvalue weighted by Crippen LogP contribution is 2.41. The summed E-state index contributed by atoms with van der Waals surface area (Å²) in [6.07, 6.45) is -0.497. The molecule has 0 radical (unpaired) electrons. The molecule has 4 rings (SSSR count).